The lowest BCUT2D eigenvalue weighted by atomic mass is 10.1. The maximum Gasteiger partial charge on any atom is 0.164 e. The Morgan fingerprint density at radius 1 is 1.35 bits per heavy atom. The molecule has 1 aromatic carbocycles. The van der Waals surface area contributed by atoms with Gasteiger partial charge in [0.05, 0.1) is 6.61 Å². The van der Waals surface area contributed by atoms with Crippen LogP contribution in [-0.2, 0) is 6.42 Å². The summed E-state index contributed by atoms with van der Waals surface area (Å²) in [6.07, 6.45) is 0.683. The summed E-state index contributed by atoms with van der Waals surface area (Å²) >= 11 is 0. The van der Waals surface area contributed by atoms with E-state index in [1.54, 1.807) is 0 Å². The second kappa shape index (κ2) is 7.12. The van der Waals surface area contributed by atoms with Crippen molar-refractivity contribution in [2.75, 3.05) is 19.9 Å². The minimum atomic E-state index is -0.516. The van der Waals surface area contributed by atoms with E-state index in [2.05, 4.69) is 0 Å². The summed E-state index contributed by atoms with van der Waals surface area (Å²) in [4.78, 5) is 0. The molecule has 0 amide bonds. The monoisotopic (exact) mass is 241 g/mol. The third-order valence-corrected chi connectivity index (χ3v) is 2.23. The minimum absolute atomic E-state index is 0.0274. The first-order valence-electron chi connectivity index (χ1n) is 5.88. The fourth-order valence-electron chi connectivity index (χ4n) is 1.64. The largest absolute Gasteiger partial charge is 0.490 e. The Bertz CT molecular complexity index is 342. The molecule has 4 heteroatoms. The lowest BCUT2D eigenvalue weighted by Crippen LogP contribution is -2.18. The van der Waals surface area contributed by atoms with Gasteiger partial charge in [0.15, 0.2) is 11.5 Å². The summed E-state index contributed by atoms with van der Waals surface area (Å²) in [6, 6.07) is 5.67. The van der Waals surface area contributed by atoms with Crippen molar-refractivity contribution in [3.8, 4) is 11.5 Å². The molecule has 0 saturated heterocycles. The van der Waals surface area contributed by atoms with E-state index in [1.165, 1.54) is 0 Å². The van der Waals surface area contributed by atoms with Gasteiger partial charge in [-0.3, -0.25) is 0 Å². The molecule has 0 aliphatic rings. The van der Waals surface area contributed by atoms with Crippen LogP contribution in [-0.4, -0.2) is 25.9 Å². The normalized spacial score (nSPS) is 12.2. The van der Waals surface area contributed by atoms with Crippen molar-refractivity contribution in [1.82, 2.24) is 0 Å². The number of hydrogen-bond acceptors (Lipinski definition) is 3. The highest BCUT2D eigenvalue weighted by Gasteiger charge is 2.12. The summed E-state index contributed by atoms with van der Waals surface area (Å²) in [5, 5.41) is 0. The average Bonchev–Trinajstić information content (AvgIpc) is 2.28. The molecular formula is C13H20FNO2. The number of rotatable bonds is 7. The Kier molecular flexibility index (Phi) is 5.77. The number of nitrogens with two attached hydrogens (primary N) is 1. The highest BCUT2D eigenvalue weighted by molar-refractivity contribution is 5.47. The number of para-hydroxylation sites is 1. The summed E-state index contributed by atoms with van der Waals surface area (Å²) in [6.45, 7) is 3.89. The molecule has 0 aliphatic carbocycles. The van der Waals surface area contributed by atoms with Crippen LogP contribution in [0.3, 0.4) is 0 Å². The zero-order chi connectivity index (χ0) is 12.7. The molecule has 0 fully saturated rings. The molecule has 17 heavy (non-hydrogen) atoms. The number of ether oxygens (including phenoxy) is 2. The van der Waals surface area contributed by atoms with Gasteiger partial charge >= 0.3 is 0 Å². The summed E-state index contributed by atoms with van der Waals surface area (Å²) in [7, 11) is 0. The van der Waals surface area contributed by atoms with Crippen molar-refractivity contribution in [2.45, 2.75) is 26.3 Å². The fourth-order valence-corrected chi connectivity index (χ4v) is 1.64. The number of alkyl halides is 1. The topological polar surface area (TPSA) is 44.5 Å². The van der Waals surface area contributed by atoms with Gasteiger partial charge in [-0.2, -0.15) is 0 Å². The molecule has 1 rings (SSSR count). The Balaban J connectivity index is 2.96. The van der Waals surface area contributed by atoms with Crippen LogP contribution in [0, 0.1) is 0 Å². The van der Waals surface area contributed by atoms with Crippen molar-refractivity contribution in [3.05, 3.63) is 23.8 Å². The van der Waals surface area contributed by atoms with Crippen LogP contribution in [0.2, 0.25) is 0 Å². The van der Waals surface area contributed by atoms with Gasteiger partial charge in [-0.25, -0.2) is 4.39 Å². The second-order valence-electron chi connectivity index (χ2n) is 3.90. The molecule has 0 aliphatic heterocycles. The maximum absolute atomic E-state index is 12.2. The summed E-state index contributed by atoms with van der Waals surface area (Å²) in [5.74, 6) is 1.27. The average molecular weight is 241 g/mol. The smallest absolute Gasteiger partial charge is 0.164 e. The summed E-state index contributed by atoms with van der Waals surface area (Å²) in [5.41, 5.74) is 6.73. The van der Waals surface area contributed by atoms with E-state index in [1.807, 2.05) is 32.0 Å². The van der Waals surface area contributed by atoms with E-state index < -0.39 is 6.67 Å². The molecule has 0 spiro atoms. The SMILES string of the molecule is CCOc1cccc(CC(C)N)c1OCCF. The van der Waals surface area contributed by atoms with Crippen molar-refractivity contribution >= 4 is 0 Å². The third-order valence-electron chi connectivity index (χ3n) is 2.23. The van der Waals surface area contributed by atoms with Crippen molar-refractivity contribution < 1.29 is 13.9 Å². The molecule has 1 aromatic rings. The number of benzene rings is 1. The molecular weight excluding hydrogens is 221 g/mol. The van der Waals surface area contributed by atoms with Crippen LogP contribution in [0.5, 0.6) is 11.5 Å². The van der Waals surface area contributed by atoms with Crippen molar-refractivity contribution in [2.24, 2.45) is 5.73 Å². The molecule has 2 N–H and O–H groups in total. The third kappa shape index (κ3) is 4.23. The Morgan fingerprint density at radius 2 is 2.12 bits per heavy atom. The molecule has 1 atom stereocenters. The first kappa shape index (κ1) is 13.8. The van der Waals surface area contributed by atoms with Crippen LogP contribution >= 0.6 is 0 Å². The Morgan fingerprint density at radius 3 is 2.71 bits per heavy atom. The van der Waals surface area contributed by atoms with Crippen LogP contribution < -0.4 is 15.2 Å². The molecule has 0 aromatic heterocycles. The van der Waals surface area contributed by atoms with Crippen molar-refractivity contribution in [1.29, 1.82) is 0 Å². The van der Waals surface area contributed by atoms with Gasteiger partial charge in [0.1, 0.15) is 13.3 Å². The standard InChI is InChI=1S/C13H20FNO2/c1-3-16-12-6-4-5-11(9-10(2)15)13(12)17-8-7-14/h4-6,10H,3,7-9,15H2,1-2H3. The molecule has 3 nitrogen and oxygen atoms in total. The Hall–Kier alpha value is -1.29. The van der Waals surface area contributed by atoms with E-state index >= 15 is 0 Å². The van der Waals surface area contributed by atoms with Crippen LogP contribution in [0.15, 0.2) is 18.2 Å². The van der Waals surface area contributed by atoms with Crippen LogP contribution in [0.4, 0.5) is 4.39 Å². The lowest BCUT2D eigenvalue weighted by Gasteiger charge is -2.16. The summed E-state index contributed by atoms with van der Waals surface area (Å²) < 4.78 is 23.1. The second-order valence-corrected chi connectivity index (χ2v) is 3.90. The molecule has 0 bridgehead atoms. The van der Waals surface area contributed by atoms with Crippen LogP contribution in [0.25, 0.3) is 0 Å². The minimum Gasteiger partial charge on any atom is -0.490 e. The zero-order valence-electron chi connectivity index (χ0n) is 10.4. The fraction of sp³-hybridized carbons (Fsp3) is 0.538. The van der Waals surface area contributed by atoms with E-state index in [9.17, 15) is 4.39 Å². The van der Waals surface area contributed by atoms with E-state index in [-0.39, 0.29) is 12.6 Å². The Labute approximate surface area is 102 Å². The predicted octanol–water partition coefficient (Wildman–Crippen LogP) is 2.32. The van der Waals surface area contributed by atoms with Gasteiger partial charge in [0.25, 0.3) is 0 Å². The zero-order valence-corrected chi connectivity index (χ0v) is 10.4. The molecule has 0 radical (unpaired) electrons. The quantitative estimate of drug-likeness (QED) is 0.796. The van der Waals surface area contributed by atoms with Crippen molar-refractivity contribution in [3.63, 3.8) is 0 Å². The first-order valence-corrected chi connectivity index (χ1v) is 5.88. The molecule has 96 valence electrons. The van der Waals surface area contributed by atoms with Gasteiger partial charge < -0.3 is 15.2 Å². The van der Waals surface area contributed by atoms with Gasteiger partial charge in [-0.05, 0) is 31.9 Å². The van der Waals surface area contributed by atoms with Gasteiger partial charge in [0.2, 0.25) is 0 Å². The predicted molar refractivity (Wildman–Crippen MR) is 66.4 cm³/mol. The molecule has 1 unspecified atom stereocenters. The van der Waals surface area contributed by atoms with Gasteiger partial charge in [-0.15, -0.1) is 0 Å². The highest BCUT2D eigenvalue weighted by atomic mass is 19.1. The first-order chi connectivity index (χ1) is 8.19. The number of halogens is 1. The van der Waals surface area contributed by atoms with Gasteiger partial charge in [-0.1, -0.05) is 12.1 Å². The maximum atomic E-state index is 12.2. The van der Waals surface area contributed by atoms with Gasteiger partial charge in [0, 0.05) is 6.04 Å². The van der Waals surface area contributed by atoms with E-state index in [4.69, 9.17) is 15.2 Å². The number of hydrogen-bond donors (Lipinski definition) is 1. The lowest BCUT2D eigenvalue weighted by molar-refractivity contribution is 0.249. The molecule has 0 heterocycles. The van der Waals surface area contributed by atoms with E-state index in [0.717, 1.165) is 5.56 Å². The highest BCUT2D eigenvalue weighted by Crippen LogP contribution is 2.32. The van der Waals surface area contributed by atoms with E-state index in [0.29, 0.717) is 24.5 Å². The molecule has 0 saturated carbocycles. The van der Waals surface area contributed by atoms with Crippen LogP contribution in [0.1, 0.15) is 19.4 Å².